The van der Waals surface area contributed by atoms with Crippen molar-refractivity contribution in [2.24, 2.45) is 4.99 Å². The van der Waals surface area contributed by atoms with E-state index in [-0.39, 0.29) is 24.3 Å². The summed E-state index contributed by atoms with van der Waals surface area (Å²) in [5, 5.41) is 0. The minimum absolute atomic E-state index is 0.0671. The van der Waals surface area contributed by atoms with Crippen molar-refractivity contribution in [3.05, 3.63) is 125 Å². The van der Waals surface area contributed by atoms with Crippen molar-refractivity contribution in [3.63, 3.8) is 0 Å². The highest BCUT2D eigenvalue weighted by Crippen LogP contribution is 2.35. The van der Waals surface area contributed by atoms with E-state index in [9.17, 15) is 14.0 Å². The second-order valence-electron chi connectivity index (χ2n) is 8.66. The van der Waals surface area contributed by atoms with Crippen LogP contribution in [-0.2, 0) is 9.53 Å². The maximum atomic E-state index is 14.0. The molecule has 6 nitrogen and oxygen atoms in total. The molecular formula is C31H22BrFN2O4S. The first kappa shape index (κ1) is 27.3. The van der Waals surface area contributed by atoms with Crippen LogP contribution in [0.3, 0.4) is 0 Å². The van der Waals surface area contributed by atoms with E-state index in [1.54, 1.807) is 31.2 Å². The van der Waals surface area contributed by atoms with E-state index in [1.165, 1.54) is 28.0 Å². The number of halogens is 2. The average Bonchev–Trinajstić information content (AvgIpc) is 3.27. The summed E-state index contributed by atoms with van der Waals surface area (Å²) in [6, 6.07) is 19.4. The molecule has 0 spiro atoms. The lowest BCUT2D eigenvalue weighted by Gasteiger charge is -2.25. The van der Waals surface area contributed by atoms with Gasteiger partial charge in [0.15, 0.2) is 4.80 Å². The number of terminal acetylenes is 1. The summed E-state index contributed by atoms with van der Waals surface area (Å²) >= 11 is 4.65. The normalized spacial score (nSPS) is 14.8. The van der Waals surface area contributed by atoms with Gasteiger partial charge >= 0.3 is 5.97 Å². The molecule has 9 heteroatoms. The zero-order valence-electron chi connectivity index (χ0n) is 21.3. The molecule has 200 valence electrons. The molecule has 2 heterocycles. The molecule has 3 aromatic carbocycles. The van der Waals surface area contributed by atoms with Gasteiger partial charge in [-0.25, -0.2) is 14.2 Å². The third-order valence-corrected chi connectivity index (χ3v) is 7.61. The van der Waals surface area contributed by atoms with Crippen molar-refractivity contribution in [1.29, 1.82) is 0 Å². The average molecular weight is 617 g/mol. The Labute approximate surface area is 241 Å². The van der Waals surface area contributed by atoms with E-state index >= 15 is 0 Å². The maximum Gasteiger partial charge on any atom is 0.338 e. The Morgan fingerprint density at radius 1 is 1.18 bits per heavy atom. The highest BCUT2D eigenvalue weighted by atomic mass is 79.9. The number of fused-ring (bicyclic) bond motifs is 1. The van der Waals surface area contributed by atoms with Crippen LogP contribution in [0.25, 0.3) is 11.8 Å². The maximum absolute atomic E-state index is 14.0. The van der Waals surface area contributed by atoms with Crippen LogP contribution in [0.4, 0.5) is 4.39 Å². The predicted molar refractivity (Wildman–Crippen MR) is 156 cm³/mol. The Kier molecular flexibility index (Phi) is 8.10. The number of rotatable bonds is 7. The molecule has 0 aliphatic carbocycles. The largest absolute Gasteiger partial charge is 0.480 e. The number of ether oxygens (including phenoxy) is 2. The molecule has 0 bridgehead atoms. The fraction of sp³-hybridized carbons (Fsp3) is 0.129. The standard InChI is InChI=1S/C31H22BrFN2O4S/c1-3-16-39-24-15-12-22(32)17-21(24)18-25-29(36)35-28(20-10-13-23(33)14-11-20)26(30(37)38-4-2)27(34-31(35)40-25)19-8-6-5-7-9-19/h1,5-15,17-18,28H,4,16H2,2H3/b25-18-/t28-/m1/s1. The summed E-state index contributed by atoms with van der Waals surface area (Å²) in [5.74, 6) is 1.92. The highest BCUT2D eigenvalue weighted by molar-refractivity contribution is 9.10. The highest BCUT2D eigenvalue weighted by Gasteiger charge is 2.35. The van der Waals surface area contributed by atoms with Crippen molar-refractivity contribution >= 4 is 45.0 Å². The molecule has 0 N–H and O–H groups in total. The molecule has 40 heavy (non-hydrogen) atoms. The van der Waals surface area contributed by atoms with Gasteiger partial charge in [-0.2, -0.15) is 0 Å². The Morgan fingerprint density at radius 3 is 2.62 bits per heavy atom. The van der Waals surface area contributed by atoms with Crippen LogP contribution in [0.5, 0.6) is 5.75 Å². The van der Waals surface area contributed by atoms with E-state index in [1.807, 2.05) is 42.5 Å². The number of esters is 1. The second kappa shape index (κ2) is 11.9. The molecule has 0 fully saturated rings. The van der Waals surface area contributed by atoms with E-state index in [0.29, 0.717) is 37.5 Å². The lowest BCUT2D eigenvalue weighted by Crippen LogP contribution is -2.40. The molecule has 1 atom stereocenters. The zero-order valence-corrected chi connectivity index (χ0v) is 23.7. The van der Waals surface area contributed by atoms with Crippen molar-refractivity contribution in [3.8, 4) is 18.1 Å². The van der Waals surface area contributed by atoms with E-state index in [2.05, 4.69) is 21.9 Å². The molecule has 4 aromatic rings. The van der Waals surface area contributed by atoms with Gasteiger partial charge in [-0.3, -0.25) is 9.36 Å². The number of hydrogen-bond donors (Lipinski definition) is 0. The van der Waals surface area contributed by atoms with Crippen LogP contribution >= 0.6 is 27.3 Å². The van der Waals surface area contributed by atoms with Crippen LogP contribution in [-0.4, -0.2) is 23.8 Å². The van der Waals surface area contributed by atoms with E-state index in [4.69, 9.17) is 20.9 Å². The predicted octanol–water partition coefficient (Wildman–Crippen LogP) is 4.85. The number of aromatic nitrogens is 1. The van der Waals surface area contributed by atoms with Gasteiger partial charge in [-0.1, -0.05) is 75.7 Å². The molecule has 0 radical (unpaired) electrons. The molecule has 1 aliphatic heterocycles. The third kappa shape index (κ3) is 5.41. The quantitative estimate of drug-likeness (QED) is 0.220. The Bertz CT molecular complexity index is 1840. The topological polar surface area (TPSA) is 69.9 Å². The fourth-order valence-electron chi connectivity index (χ4n) is 4.43. The summed E-state index contributed by atoms with van der Waals surface area (Å²) in [5.41, 5.74) is 2.09. The van der Waals surface area contributed by atoms with Crippen LogP contribution in [0, 0.1) is 18.2 Å². The number of nitrogens with zero attached hydrogens (tertiary/aromatic N) is 2. The Hall–Kier alpha value is -4.26. The van der Waals surface area contributed by atoms with Gasteiger partial charge in [0.1, 0.15) is 18.2 Å². The number of carbonyl (C=O) groups excluding carboxylic acids is 1. The van der Waals surface area contributed by atoms with Crippen LogP contribution in [0.2, 0.25) is 0 Å². The Balaban J connectivity index is 1.81. The van der Waals surface area contributed by atoms with Gasteiger partial charge in [0.05, 0.1) is 28.5 Å². The first-order valence-electron chi connectivity index (χ1n) is 12.3. The Morgan fingerprint density at radius 2 is 1.93 bits per heavy atom. The van der Waals surface area contributed by atoms with Gasteiger partial charge in [-0.15, -0.1) is 6.42 Å². The van der Waals surface area contributed by atoms with Crippen LogP contribution < -0.4 is 19.6 Å². The summed E-state index contributed by atoms with van der Waals surface area (Å²) in [6.07, 6.45) is 7.08. The molecule has 0 amide bonds. The molecule has 1 aromatic heterocycles. The molecule has 0 unspecified atom stereocenters. The van der Waals surface area contributed by atoms with Crippen molar-refractivity contribution in [2.75, 3.05) is 13.2 Å². The number of benzene rings is 3. The van der Waals surface area contributed by atoms with Gasteiger partial charge in [0, 0.05) is 15.6 Å². The van der Waals surface area contributed by atoms with Gasteiger partial charge in [0.2, 0.25) is 0 Å². The van der Waals surface area contributed by atoms with Gasteiger partial charge in [-0.05, 0) is 48.9 Å². The summed E-state index contributed by atoms with van der Waals surface area (Å²) < 4.78 is 27.7. The summed E-state index contributed by atoms with van der Waals surface area (Å²) in [7, 11) is 0. The van der Waals surface area contributed by atoms with Crippen molar-refractivity contribution < 1.29 is 18.7 Å². The molecule has 0 saturated carbocycles. The number of hydrogen-bond acceptors (Lipinski definition) is 6. The SMILES string of the molecule is C#CCOc1ccc(Br)cc1/C=c1\sc2n(c1=O)[C@H](c1ccc(F)cc1)C(C(=O)OCC)=C(c1ccccc1)N=2. The molecule has 1 aliphatic rings. The zero-order chi connectivity index (χ0) is 28.2. The minimum Gasteiger partial charge on any atom is -0.480 e. The summed E-state index contributed by atoms with van der Waals surface area (Å²) in [6.45, 7) is 1.91. The molecule has 5 rings (SSSR count). The van der Waals surface area contributed by atoms with Gasteiger partial charge in [0.25, 0.3) is 5.56 Å². The first-order valence-corrected chi connectivity index (χ1v) is 13.9. The van der Waals surface area contributed by atoms with Crippen LogP contribution in [0.15, 0.2) is 92.6 Å². The monoisotopic (exact) mass is 616 g/mol. The van der Waals surface area contributed by atoms with E-state index in [0.717, 1.165) is 4.47 Å². The summed E-state index contributed by atoms with van der Waals surface area (Å²) in [4.78, 5) is 32.7. The molecular weight excluding hydrogens is 595 g/mol. The second-order valence-corrected chi connectivity index (χ2v) is 10.6. The van der Waals surface area contributed by atoms with Gasteiger partial charge < -0.3 is 9.47 Å². The lowest BCUT2D eigenvalue weighted by molar-refractivity contribution is -0.138. The van der Waals surface area contributed by atoms with Crippen molar-refractivity contribution in [1.82, 2.24) is 4.57 Å². The van der Waals surface area contributed by atoms with E-state index < -0.39 is 17.8 Å². The van der Waals surface area contributed by atoms with Crippen molar-refractivity contribution in [2.45, 2.75) is 13.0 Å². The smallest absolute Gasteiger partial charge is 0.338 e. The number of carbonyl (C=O) groups is 1. The fourth-order valence-corrected chi connectivity index (χ4v) is 5.80. The lowest BCUT2D eigenvalue weighted by atomic mass is 9.93. The minimum atomic E-state index is -0.895. The first-order chi connectivity index (χ1) is 19.4. The van der Waals surface area contributed by atoms with Crippen LogP contribution in [0.1, 0.15) is 29.7 Å². The molecule has 0 saturated heterocycles. The number of thiazole rings is 1. The third-order valence-electron chi connectivity index (χ3n) is 6.13.